The fourth-order valence-corrected chi connectivity index (χ4v) is 6.52. The van der Waals surface area contributed by atoms with Crippen molar-refractivity contribution in [1.29, 1.82) is 0 Å². The monoisotopic (exact) mass is 447 g/mol. The first-order chi connectivity index (χ1) is 12.7. The first-order valence-corrected chi connectivity index (χ1v) is 10.5. The fourth-order valence-electron chi connectivity index (χ4n) is 6.01. The summed E-state index contributed by atoms with van der Waals surface area (Å²) in [6, 6.07) is 0. The Morgan fingerprint density at radius 3 is 2.26 bits per heavy atom. The van der Waals surface area contributed by atoms with Gasteiger partial charge in [-0.3, -0.25) is 9.48 Å². The quantitative estimate of drug-likeness (QED) is 0.710. The van der Waals surface area contributed by atoms with Crippen molar-refractivity contribution in [3.63, 3.8) is 0 Å². The van der Waals surface area contributed by atoms with Gasteiger partial charge in [0.1, 0.15) is 0 Å². The van der Waals surface area contributed by atoms with Gasteiger partial charge in [0.15, 0.2) is 5.69 Å². The average molecular weight is 448 g/mol. The number of carbonyl (C=O) groups excluding carboxylic acids is 1. The predicted molar refractivity (Wildman–Crippen MR) is 97.9 cm³/mol. The molecule has 0 atom stereocenters. The summed E-state index contributed by atoms with van der Waals surface area (Å²) in [6.07, 6.45) is 3.39. The summed E-state index contributed by atoms with van der Waals surface area (Å²) in [6.45, 7) is 2.43. The van der Waals surface area contributed by atoms with E-state index >= 15 is 0 Å². The van der Waals surface area contributed by atoms with E-state index in [1.165, 1.54) is 43.2 Å². The molecule has 4 aliphatic carbocycles. The van der Waals surface area contributed by atoms with Crippen LogP contribution in [0.4, 0.5) is 13.2 Å². The van der Waals surface area contributed by atoms with Crippen LogP contribution in [0.2, 0.25) is 0 Å². The van der Waals surface area contributed by atoms with Crippen molar-refractivity contribution in [3.8, 4) is 0 Å². The van der Waals surface area contributed by atoms with E-state index in [-0.39, 0.29) is 28.8 Å². The molecule has 1 heterocycles. The fraction of sp³-hybridized carbons (Fsp3) is 0.789. The van der Waals surface area contributed by atoms with Crippen molar-refractivity contribution in [2.24, 2.45) is 23.2 Å². The molecule has 1 aromatic heterocycles. The van der Waals surface area contributed by atoms with Crippen LogP contribution in [0.15, 0.2) is 4.47 Å². The summed E-state index contributed by atoms with van der Waals surface area (Å²) < 4.78 is 40.0. The summed E-state index contributed by atoms with van der Waals surface area (Å²) >= 11 is 2.96. The lowest BCUT2D eigenvalue weighted by molar-refractivity contribution is -0.142. The van der Waals surface area contributed by atoms with E-state index in [2.05, 4.69) is 26.3 Å². The molecular weight excluding hydrogens is 423 g/mol. The van der Waals surface area contributed by atoms with E-state index in [1.54, 1.807) is 6.92 Å². The Balaban J connectivity index is 1.32. The Morgan fingerprint density at radius 1 is 1.22 bits per heavy atom. The molecule has 0 unspecified atom stereocenters. The number of carbonyl (C=O) groups is 1. The number of aromatic nitrogens is 2. The standard InChI is InChI=1S/C19H25BrF3N3O/c1-11-16(20)17(19(21,22)23)25-26(11)3-2-15(27)24-10-18-7-12-4-13(8-18)6-14(5-12)9-18/h12-14H,2-10H2,1H3,(H,24,27). The van der Waals surface area contributed by atoms with Crippen molar-refractivity contribution in [1.82, 2.24) is 15.1 Å². The number of aryl methyl sites for hydroxylation is 1. The SMILES string of the molecule is Cc1c(Br)c(C(F)(F)F)nn1CCC(=O)NCC12CC3CC(CC(C3)C1)C2. The molecular formula is C19H25BrF3N3O. The van der Waals surface area contributed by atoms with E-state index in [9.17, 15) is 18.0 Å². The molecule has 8 heteroatoms. The van der Waals surface area contributed by atoms with Crippen molar-refractivity contribution < 1.29 is 18.0 Å². The van der Waals surface area contributed by atoms with Gasteiger partial charge in [-0.15, -0.1) is 0 Å². The Bertz CT molecular complexity index is 708. The van der Waals surface area contributed by atoms with Gasteiger partial charge in [-0.2, -0.15) is 18.3 Å². The number of halogens is 4. The van der Waals surface area contributed by atoms with Crippen molar-refractivity contribution in [2.75, 3.05) is 6.54 Å². The molecule has 0 aromatic carbocycles. The summed E-state index contributed by atoms with van der Waals surface area (Å²) in [5.74, 6) is 2.39. The molecule has 1 N–H and O–H groups in total. The largest absolute Gasteiger partial charge is 0.436 e. The van der Waals surface area contributed by atoms with Crippen LogP contribution >= 0.6 is 15.9 Å². The minimum absolute atomic E-state index is 0.0519. The molecule has 5 rings (SSSR count). The van der Waals surface area contributed by atoms with E-state index in [4.69, 9.17) is 0 Å². The molecule has 0 radical (unpaired) electrons. The zero-order valence-electron chi connectivity index (χ0n) is 15.4. The van der Waals surface area contributed by atoms with Crippen LogP contribution in [0.5, 0.6) is 0 Å². The highest BCUT2D eigenvalue weighted by atomic mass is 79.9. The molecule has 4 saturated carbocycles. The molecule has 0 aliphatic heterocycles. The Labute approximate surface area is 165 Å². The topological polar surface area (TPSA) is 46.9 Å². The molecule has 27 heavy (non-hydrogen) atoms. The van der Waals surface area contributed by atoms with Crippen molar-refractivity contribution in [2.45, 2.75) is 64.6 Å². The van der Waals surface area contributed by atoms with E-state index in [1.807, 2.05) is 0 Å². The first kappa shape index (κ1) is 19.3. The molecule has 4 aliphatic rings. The molecule has 0 spiro atoms. The van der Waals surface area contributed by atoms with Crippen LogP contribution in [0.25, 0.3) is 0 Å². The Morgan fingerprint density at radius 2 is 1.78 bits per heavy atom. The predicted octanol–water partition coefficient (Wildman–Crippen LogP) is 4.70. The van der Waals surface area contributed by atoms with Gasteiger partial charge in [0, 0.05) is 13.0 Å². The summed E-state index contributed by atoms with van der Waals surface area (Å²) in [4.78, 5) is 12.3. The minimum Gasteiger partial charge on any atom is -0.355 e. The van der Waals surface area contributed by atoms with Crippen LogP contribution in [0.3, 0.4) is 0 Å². The highest BCUT2D eigenvalue weighted by molar-refractivity contribution is 9.10. The second-order valence-electron chi connectivity index (χ2n) is 8.91. The summed E-state index contributed by atoms with van der Waals surface area (Å²) in [5.41, 5.74) is -0.288. The molecule has 4 fully saturated rings. The number of rotatable bonds is 5. The lowest BCUT2D eigenvalue weighted by Crippen LogP contribution is -2.51. The van der Waals surface area contributed by atoms with Gasteiger partial charge in [0.2, 0.25) is 5.91 Å². The number of nitrogens with one attached hydrogen (secondary N) is 1. The maximum absolute atomic E-state index is 12.9. The number of nitrogens with zero attached hydrogens (tertiary/aromatic N) is 2. The average Bonchev–Trinajstić information content (AvgIpc) is 2.85. The second-order valence-corrected chi connectivity index (χ2v) is 9.71. The third-order valence-corrected chi connectivity index (χ3v) is 7.73. The van der Waals surface area contributed by atoms with E-state index in [0.717, 1.165) is 17.8 Å². The van der Waals surface area contributed by atoms with Gasteiger partial charge in [0.25, 0.3) is 0 Å². The van der Waals surface area contributed by atoms with E-state index < -0.39 is 11.9 Å². The number of amides is 1. The van der Waals surface area contributed by atoms with Crippen molar-refractivity contribution >= 4 is 21.8 Å². The van der Waals surface area contributed by atoms with Gasteiger partial charge in [-0.25, -0.2) is 0 Å². The Kier molecular flexibility index (Phi) is 4.84. The number of hydrogen-bond donors (Lipinski definition) is 1. The molecule has 1 amide bonds. The van der Waals surface area contributed by atoms with Crippen LogP contribution in [-0.4, -0.2) is 22.2 Å². The highest BCUT2D eigenvalue weighted by Crippen LogP contribution is 2.59. The maximum Gasteiger partial charge on any atom is 0.436 e. The van der Waals surface area contributed by atoms with E-state index in [0.29, 0.717) is 12.2 Å². The van der Waals surface area contributed by atoms with Crippen LogP contribution in [-0.2, 0) is 17.5 Å². The smallest absolute Gasteiger partial charge is 0.355 e. The third kappa shape index (κ3) is 3.78. The number of alkyl halides is 3. The molecule has 0 saturated heterocycles. The maximum atomic E-state index is 12.9. The van der Waals surface area contributed by atoms with Crippen LogP contribution in [0.1, 0.15) is 56.3 Å². The van der Waals surface area contributed by atoms with Gasteiger partial charge in [-0.1, -0.05) is 0 Å². The summed E-state index contributed by atoms with van der Waals surface area (Å²) in [5, 5.41) is 6.70. The lowest BCUT2D eigenvalue weighted by atomic mass is 9.49. The zero-order chi connectivity index (χ0) is 19.4. The molecule has 4 bridgehead atoms. The molecule has 150 valence electrons. The normalized spacial score (nSPS) is 32.1. The van der Waals surface area contributed by atoms with Gasteiger partial charge in [0.05, 0.1) is 16.7 Å². The highest BCUT2D eigenvalue weighted by Gasteiger charge is 2.50. The lowest BCUT2D eigenvalue weighted by Gasteiger charge is -2.56. The van der Waals surface area contributed by atoms with Gasteiger partial charge >= 0.3 is 6.18 Å². The van der Waals surface area contributed by atoms with Gasteiger partial charge in [-0.05, 0) is 84.5 Å². The van der Waals surface area contributed by atoms with Gasteiger partial charge < -0.3 is 5.32 Å². The minimum atomic E-state index is -4.50. The molecule has 1 aromatic rings. The van der Waals surface area contributed by atoms with Crippen LogP contribution < -0.4 is 5.32 Å². The Hall–Kier alpha value is -1.05. The molecule has 4 nitrogen and oxygen atoms in total. The van der Waals surface area contributed by atoms with Crippen LogP contribution in [0, 0.1) is 30.1 Å². The van der Waals surface area contributed by atoms with Crippen molar-refractivity contribution in [3.05, 3.63) is 15.9 Å². The zero-order valence-corrected chi connectivity index (χ0v) is 17.0. The third-order valence-electron chi connectivity index (χ3n) is 6.78. The first-order valence-electron chi connectivity index (χ1n) is 9.72. The number of hydrogen-bond acceptors (Lipinski definition) is 2. The second kappa shape index (κ2) is 6.78. The summed E-state index contributed by atoms with van der Waals surface area (Å²) in [7, 11) is 0.